The first kappa shape index (κ1) is 19.9. The average Bonchev–Trinajstić information content (AvgIpc) is 3.10. The summed E-state index contributed by atoms with van der Waals surface area (Å²) in [7, 11) is 0. The van der Waals surface area contributed by atoms with Crippen molar-refractivity contribution in [3.8, 4) is 17.6 Å². The fourth-order valence-electron chi connectivity index (χ4n) is 2.93. The van der Waals surface area contributed by atoms with Gasteiger partial charge in [-0.1, -0.05) is 6.07 Å². The number of nitrogens with zero attached hydrogens (tertiary/aromatic N) is 3. The van der Waals surface area contributed by atoms with Crippen LogP contribution in [0.3, 0.4) is 0 Å². The lowest BCUT2D eigenvalue weighted by molar-refractivity contribution is -0.385. The van der Waals surface area contributed by atoms with Crippen molar-refractivity contribution in [2.24, 2.45) is 0 Å². The molecule has 3 aromatic rings. The summed E-state index contributed by atoms with van der Waals surface area (Å²) in [4.78, 5) is 18.5. The number of hydrogen-bond acceptors (Lipinski definition) is 6. The van der Waals surface area contributed by atoms with Crippen molar-refractivity contribution in [3.05, 3.63) is 57.4 Å². The Morgan fingerprint density at radius 2 is 1.97 bits per heavy atom. The summed E-state index contributed by atoms with van der Waals surface area (Å²) in [6.07, 6.45) is 1.53. The number of hydrogen-bond donors (Lipinski definition) is 1. The molecule has 29 heavy (non-hydrogen) atoms. The van der Waals surface area contributed by atoms with Gasteiger partial charge in [-0.2, -0.15) is 5.26 Å². The summed E-state index contributed by atoms with van der Waals surface area (Å²) in [5.41, 5.74) is 3.04. The molecular formula is C21H20N4O4. The number of ether oxygens (including phenoxy) is 2. The molecule has 0 bridgehead atoms. The van der Waals surface area contributed by atoms with Gasteiger partial charge in [0, 0.05) is 17.7 Å². The second kappa shape index (κ2) is 8.44. The minimum absolute atomic E-state index is 0.121. The van der Waals surface area contributed by atoms with E-state index in [2.05, 4.69) is 16.0 Å². The highest BCUT2D eigenvalue weighted by Gasteiger charge is 2.20. The van der Waals surface area contributed by atoms with Gasteiger partial charge in [-0.25, -0.2) is 4.98 Å². The summed E-state index contributed by atoms with van der Waals surface area (Å²) in [5, 5.41) is 21.2. The van der Waals surface area contributed by atoms with Gasteiger partial charge in [0.2, 0.25) is 5.75 Å². The van der Waals surface area contributed by atoms with Crippen LogP contribution in [0.5, 0.6) is 11.5 Å². The first-order valence-electron chi connectivity index (χ1n) is 9.13. The number of imidazole rings is 1. The maximum Gasteiger partial charge on any atom is 0.311 e. The Bertz CT molecular complexity index is 1140. The molecule has 0 spiro atoms. The standard InChI is InChI=1S/C21H20N4O4/c1-4-28-19-11-20(29-5-2)18(25(26)27)10-14(19)9-15(12-22)21-23-16-7-6-13(3)8-17(16)24-21/h6-11H,4-5H2,1-3H3,(H,23,24)/b15-9-. The quantitative estimate of drug-likeness (QED) is 0.356. The molecule has 148 valence electrons. The zero-order valence-corrected chi connectivity index (χ0v) is 16.4. The Kier molecular flexibility index (Phi) is 5.79. The van der Waals surface area contributed by atoms with Crippen LogP contribution in [0, 0.1) is 28.4 Å². The van der Waals surface area contributed by atoms with E-state index in [1.54, 1.807) is 6.92 Å². The minimum atomic E-state index is -0.520. The molecule has 8 nitrogen and oxygen atoms in total. The number of rotatable bonds is 7. The van der Waals surface area contributed by atoms with Crippen molar-refractivity contribution < 1.29 is 14.4 Å². The lowest BCUT2D eigenvalue weighted by Gasteiger charge is -2.11. The topological polar surface area (TPSA) is 114 Å². The second-order valence-electron chi connectivity index (χ2n) is 6.26. The largest absolute Gasteiger partial charge is 0.493 e. The van der Waals surface area contributed by atoms with E-state index >= 15 is 0 Å². The molecule has 0 saturated heterocycles. The summed E-state index contributed by atoms with van der Waals surface area (Å²) in [5.74, 6) is 0.893. The molecule has 0 radical (unpaired) electrons. The number of benzene rings is 2. The van der Waals surface area contributed by atoms with Gasteiger partial charge in [0.1, 0.15) is 17.6 Å². The molecule has 2 aromatic carbocycles. The molecule has 0 saturated carbocycles. The number of H-pyrrole nitrogens is 1. The Labute approximate surface area is 167 Å². The van der Waals surface area contributed by atoms with Gasteiger partial charge >= 0.3 is 5.69 Å². The third kappa shape index (κ3) is 4.19. The number of nitro groups is 1. The Morgan fingerprint density at radius 1 is 1.24 bits per heavy atom. The van der Waals surface area contributed by atoms with Crippen molar-refractivity contribution >= 4 is 28.4 Å². The zero-order chi connectivity index (χ0) is 21.0. The Morgan fingerprint density at radius 3 is 2.62 bits per heavy atom. The minimum Gasteiger partial charge on any atom is -0.493 e. The van der Waals surface area contributed by atoms with E-state index in [9.17, 15) is 15.4 Å². The highest BCUT2D eigenvalue weighted by atomic mass is 16.6. The monoisotopic (exact) mass is 392 g/mol. The van der Waals surface area contributed by atoms with Gasteiger partial charge in [-0.3, -0.25) is 10.1 Å². The molecule has 1 aromatic heterocycles. The highest BCUT2D eigenvalue weighted by Crippen LogP contribution is 2.36. The smallest absolute Gasteiger partial charge is 0.311 e. The molecule has 0 aliphatic heterocycles. The lowest BCUT2D eigenvalue weighted by atomic mass is 10.1. The van der Waals surface area contributed by atoms with Crippen molar-refractivity contribution in [2.45, 2.75) is 20.8 Å². The van der Waals surface area contributed by atoms with Crippen LogP contribution < -0.4 is 9.47 Å². The molecule has 0 atom stereocenters. The number of fused-ring (bicyclic) bond motifs is 1. The molecular weight excluding hydrogens is 372 g/mol. The van der Waals surface area contributed by atoms with Crippen molar-refractivity contribution in [3.63, 3.8) is 0 Å². The zero-order valence-electron chi connectivity index (χ0n) is 16.4. The third-order valence-corrected chi connectivity index (χ3v) is 4.20. The first-order chi connectivity index (χ1) is 14.0. The lowest BCUT2D eigenvalue weighted by Crippen LogP contribution is -2.01. The van der Waals surface area contributed by atoms with Crippen LogP contribution in [-0.2, 0) is 0 Å². The molecule has 0 amide bonds. The van der Waals surface area contributed by atoms with E-state index in [-0.39, 0.29) is 23.6 Å². The molecule has 8 heteroatoms. The molecule has 0 aliphatic carbocycles. The van der Waals surface area contributed by atoms with Crippen LogP contribution >= 0.6 is 0 Å². The number of nitrogens with one attached hydrogen (secondary N) is 1. The van der Waals surface area contributed by atoms with E-state index < -0.39 is 4.92 Å². The van der Waals surface area contributed by atoms with Crippen LogP contribution in [0.1, 0.15) is 30.8 Å². The number of aromatic amines is 1. The van der Waals surface area contributed by atoms with E-state index in [1.165, 1.54) is 18.2 Å². The van der Waals surface area contributed by atoms with Gasteiger partial charge in [-0.05, 0) is 44.5 Å². The summed E-state index contributed by atoms with van der Waals surface area (Å²) in [6.45, 7) is 6.16. The van der Waals surface area contributed by atoms with Crippen molar-refractivity contribution in [1.82, 2.24) is 9.97 Å². The van der Waals surface area contributed by atoms with Crippen LogP contribution in [0.2, 0.25) is 0 Å². The number of aryl methyl sites for hydroxylation is 1. The summed E-state index contributed by atoms with van der Waals surface area (Å²) in [6, 6.07) is 10.7. The number of aromatic nitrogens is 2. The van der Waals surface area contributed by atoms with E-state index in [0.717, 1.165) is 16.6 Å². The predicted octanol–water partition coefficient (Wildman–Crippen LogP) is 4.64. The molecule has 0 aliphatic rings. The van der Waals surface area contributed by atoms with Crippen LogP contribution in [0.4, 0.5) is 5.69 Å². The van der Waals surface area contributed by atoms with Gasteiger partial charge in [0.25, 0.3) is 0 Å². The Hall–Kier alpha value is -3.86. The fraction of sp³-hybridized carbons (Fsp3) is 0.238. The normalized spacial score (nSPS) is 11.3. The highest BCUT2D eigenvalue weighted by molar-refractivity contribution is 5.91. The average molecular weight is 392 g/mol. The predicted molar refractivity (Wildman–Crippen MR) is 110 cm³/mol. The molecule has 1 N–H and O–H groups in total. The molecule has 0 unspecified atom stereocenters. The maximum atomic E-state index is 11.5. The SMILES string of the molecule is CCOc1cc(OCC)c([N+](=O)[O-])cc1/C=C(/C#N)c1nc2ccc(C)cc2[nH]1. The van der Waals surface area contributed by atoms with E-state index in [1.807, 2.05) is 32.0 Å². The fourth-order valence-corrected chi connectivity index (χ4v) is 2.93. The number of allylic oxidation sites excluding steroid dienone is 1. The van der Waals surface area contributed by atoms with Crippen molar-refractivity contribution in [1.29, 1.82) is 5.26 Å². The van der Waals surface area contributed by atoms with Crippen LogP contribution in [0.25, 0.3) is 22.7 Å². The van der Waals surface area contributed by atoms with Crippen molar-refractivity contribution in [2.75, 3.05) is 13.2 Å². The van der Waals surface area contributed by atoms with Crippen LogP contribution in [0.15, 0.2) is 30.3 Å². The maximum absolute atomic E-state index is 11.5. The summed E-state index contributed by atoms with van der Waals surface area (Å²) >= 11 is 0. The molecule has 3 rings (SSSR count). The third-order valence-electron chi connectivity index (χ3n) is 4.20. The number of nitro benzene ring substituents is 1. The second-order valence-corrected chi connectivity index (χ2v) is 6.26. The molecule has 1 heterocycles. The van der Waals surface area contributed by atoms with E-state index in [4.69, 9.17) is 9.47 Å². The number of nitriles is 1. The van der Waals surface area contributed by atoms with Gasteiger partial charge in [0.15, 0.2) is 0 Å². The first-order valence-corrected chi connectivity index (χ1v) is 9.13. The van der Waals surface area contributed by atoms with Gasteiger partial charge < -0.3 is 14.5 Å². The van der Waals surface area contributed by atoms with Gasteiger partial charge in [0.05, 0.1) is 34.7 Å². The summed E-state index contributed by atoms with van der Waals surface area (Å²) < 4.78 is 11.0. The van der Waals surface area contributed by atoms with Gasteiger partial charge in [-0.15, -0.1) is 0 Å². The molecule has 0 fully saturated rings. The van der Waals surface area contributed by atoms with Crippen LogP contribution in [-0.4, -0.2) is 28.1 Å². The van der Waals surface area contributed by atoms with E-state index in [0.29, 0.717) is 23.7 Å². The Balaban J connectivity index is 2.15.